The molecule has 0 saturated heterocycles. The summed E-state index contributed by atoms with van der Waals surface area (Å²) in [6.07, 6.45) is 4.72. The molecule has 3 heteroatoms. The van der Waals surface area contributed by atoms with E-state index in [2.05, 4.69) is 11.9 Å². The van der Waals surface area contributed by atoms with Crippen molar-refractivity contribution in [3.05, 3.63) is 65.2 Å². The SMILES string of the molecule is CCCc1ccc(C(C)(O)c2cncc(F)c2)cc1. The lowest BCUT2D eigenvalue weighted by Gasteiger charge is -2.24. The number of nitrogens with zero attached hydrogens (tertiary/aromatic N) is 1. The van der Waals surface area contributed by atoms with Crippen molar-refractivity contribution in [3.8, 4) is 0 Å². The standard InChI is InChI=1S/C16H18FNO/c1-3-4-12-5-7-13(8-6-12)16(2,19)14-9-15(17)11-18-10-14/h5-11,19H,3-4H2,1-2H3. The van der Waals surface area contributed by atoms with Crippen LogP contribution < -0.4 is 0 Å². The molecule has 1 unspecified atom stereocenters. The van der Waals surface area contributed by atoms with Crippen molar-refractivity contribution in [2.24, 2.45) is 0 Å². The predicted octanol–water partition coefficient (Wildman–Crippen LogP) is 3.43. The lowest BCUT2D eigenvalue weighted by atomic mass is 9.88. The molecule has 100 valence electrons. The molecule has 0 aliphatic heterocycles. The predicted molar refractivity (Wildman–Crippen MR) is 73.3 cm³/mol. The maximum atomic E-state index is 13.2. The van der Waals surface area contributed by atoms with Crippen LogP contribution >= 0.6 is 0 Å². The van der Waals surface area contributed by atoms with Crippen LogP contribution in [-0.4, -0.2) is 10.1 Å². The van der Waals surface area contributed by atoms with Crippen LogP contribution in [0.15, 0.2) is 42.7 Å². The molecule has 1 aromatic heterocycles. The highest BCUT2D eigenvalue weighted by Gasteiger charge is 2.26. The van der Waals surface area contributed by atoms with Crippen molar-refractivity contribution in [2.75, 3.05) is 0 Å². The first-order valence-electron chi connectivity index (χ1n) is 6.47. The number of aromatic nitrogens is 1. The number of aliphatic hydroxyl groups is 1. The van der Waals surface area contributed by atoms with E-state index in [1.165, 1.54) is 17.8 Å². The van der Waals surface area contributed by atoms with Crippen LogP contribution in [0.1, 0.15) is 37.0 Å². The van der Waals surface area contributed by atoms with Crippen LogP contribution in [0.3, 0.4) is 0 Å². The Morgan fingerprint density at radius 1 is 1.16 bits per heavy atom. The Kier molecular flexibility index (Phi) is 3.96. The van der Waals surface area contributed by atoms with Gasteiger partial charge in [-0.15, -0.1) is 0 Å². The van der Waals surface area contributed by atoms with E-state index in [9.17, 15) is 9.50 Å². The third kappa shape index (κ3) is 2.99. The van der Waals surface area contributed by atoms with E-state index in [1.807, 2.05) is 24.3 Å². The first-order valence-corrected chi connectivity index (χ1v) is 6.47. The average Bonchev–Trinajstić information content (AvgIpc) is 2.40. The van der Waals surface area contributed by atoms with E-state index in [-0.39, 0.29) is 0 Å². The number of benzene rings is 1. The second kappa shape index (κ2) is 5.49. The zero-order valence-electron chi connectivity index (χ0n) is 11.2. The molecule has 19 heavy (non-hydrogen) atoms. The van der Waals surface area contributed by atoms with Crippen molar-refractivity contribution >= 4 is 0 Å². The third-order valence-electron chi connectivity index (χ3n) is 3.32. The first kappa shape index (κ1) is 13.7. The van der Waals surface area contributed by atoms with E-state index in [1.54, 1.807) is 6.92 Å². The minimum Gasteiger partial charge on any atom is -0.381 e. The fraction of sp³-hybridized carbons (Fsp3) is 0.312. The molecule has 1 N–H and O–H groups in total. The van der Waals surface area contributed by atoms with Crippen LogP contribution in [-0.2, 0) is 12.0 Å². The summed E-state index contributed by atoms with van der Waals surface area (Å²) in [4.78, 5) is 3.79. The molecule has 2 aromatic rings. The Labute approximate surface area is 112 Å². The van der Waals surface area contributed by atoms with Crippen LogP contribution in [0.2, 0.25) is 0 Å². The highest BCUT2D eigenvalue weighted by atomic mass is 19.1. The summed E-state index contributed by atoms with van der Waals surface area (Å²) < 4.78 is 13.2. The molecule has 2 nitrogen and oxygen atoms in total. The molecule has 1 aromatic carbocycles. The van der Waals surface area contributed by atoms with E-state index < -0.39 is 11.4 Å². The van der Waals surface area contributed by atoms with Gasteiger partial charge in [-0.1, -0.05) is 37.6 Å². The highest BCUT2D eigenvalue weighted by molar-refractivity contribution is 5.35. The number of halogens is 1. The third-order valence-corrected chi connectivity index (χ3v) is 3.32. The summed E-state index contributed by atoms with van der Waals surface area (Å²) in [5.74, 6) is -0.444. The molecular formula is C16H18FNO. The molecule has 0 saturated carbocycles. The Morgan fingerprint density at radius 3 is 2.42 bits per heavy atom. The second-order valence-electron chi connectivity index (χ2n) is 4.91. The number of rotatable bonds is 4. The van der Waals surface area contributed by atoms with Gasteiger partial charge in [-0.3, -0.25) is 4.98 Å². The van der Waals surface area contributed by atoms with Crippen LogP contribution in [0.4, 0.5) is 4.39 Å². The molecule has 0 bridgehead atoms. The summed E-state index contributed by atoms with van der Waals surface area (Å²) >= 11 is 0. The molecule has 1 heterocycles. The summed E-state index contributed by atoms with van der Waals surface area (Å²) in [7, 11) is 0. The lowest BCUT2D eigenvalue weighted by molar-refractivity contribution is 0.101. The number of hydrogen-bond acceptors (Lipinski definition) is 2. The van der Waals surface area contributed by atoms with Crippen molar-refractivity contribution < 1.29 is 9.50 Å². The monoisotopic (exact) mass is 259 g/mol. The fourth-order valence-corrected chi connectivity index (χ4v) is 2.13. The Morgan fingerprint density at radius 2 is 1.84 bits per heavy atom. The minimum absolute atomic E-state index is 0.444. The summed E-state index contributed by atoms with van der Waals surface area (Å²) in [5.41, 5.74) is 1.19. The van der Waals surface area contributed by atoms with Gasteiger partial charge in [0, 0.05) is 11.8 Å². The fourth-order valence-electron chi connectivity index (χ4n) is 2.13. The molecular weight excluding hydrogens is 241 g/mol. The largest absolute Gasteiger partial charge is 0.381 e. The molecule has 0 spiro atoms. The lowest BCUT2D eigenvalue weighted by Crippen LogP contribution is -2.23. The summed E-state index contributed by atoms with van der Waals surface area (Å²) in [5, 5.41) is 10.6. The van der Waals surface area contributed by atoms with E-state index in [4.69, 9.17) is 0 Å². The highest BCUT2D eigenvalue weighted by Crippen LogP contribution is 2.29. The van der Waals surface area contributed by atoms with E-state index in [0.717, 1.165) is 24.6 Å². The van der Waals surface area contributed by atoms with E-state index in [0.29, 0.717) is 5.56 Å². The zero-order valence-corrected chi connectivity index (χ0v) is 11.2. The van der Waals surface area contributed by atoms with Crippen LogP contribution in [0, 0.1) is 5.82 Å². The molecule has 2 rings (SSSR count). The molecule has 1 atom stereocenters. The minimum atomic E-state index is -1.24. The summed E-state index contributed by atoms with van der Waals surface area (Å²) in [6, 6.07) is 9.08. The number of pyridine rings is 1. The van der Waals surface area contributed by atoms with Gasteiger partial charge in [0.1, 0.15) is 11.4 Å². The van der Waals surface area contributed by atoms with E-state index >= 15 is 0 Å². The van der Waals surface area contributed by atoms with Crippen molar-refractivity contribution in [3.63, 3.8) is 0 Å². The Balaban J connectivity index is 2.33. The molecule has 0 amide bonds. The van der Waals surface area contributed by atoms with Gasteiger partial charge in [0.15, 0.2) is 0 Å². The van der Waals surface area contributed by atoms with Gasteiger partial charge in [0.2, 0.25) is 0 Å². The van der Waals surface area contributed by atoms with Gasteiger partial charge in [0.25, 0.3) is 0 Å². The van der Waals surface area contributed by atoms with Gasteiger partial charge < -0.3 is 5.11 Å². The summed E-state index contributed by atoms with van der Waals surface area (Å²) in [6.45, 7) is 3.78. The van der Waals surface area contributed by atoms with Crippen molar-refractivity contribution in [1.82, 2.24) is 4.98 Å². The zero-order chi connectivity index (χ0) is 13.9. The van der Waals surface area contributed by atoms with Gasteiger partial charge >= 0.3 is 0 Å². The Hall–Kier alpha value is -1.74. The molecule has 0 aliphatic rings. The normalized spacial score (nSPS) is 14.1. The van der Waals surface area contributed by atoms with Crippen molar-refractivity contribution in [2.45, 2.75) is 32.3 Å². The second-order valence-corrected chi connectivity index (χ2v) is 4.91. The quantitative estimate of drug-likeness (QED) is 0.912. The van der Waals surface area contributed by atoms with Crippen LogP contribution in [0.25, 0.3) is 0 Å². The Bertz CT molecular complexity index is 549. The number of hydrogen-bond donors (Lipinski definition) is 1. The van der Waals surface area contributed by atoms with Crippen molar-refractivity contribution in [1.29, 1.82) is 0 Å². The van der Waals surface area contributed by atoms with Crippen LogP contribution in [0.5, 0.6) is 0 Å². The smallest absolute Gasteiger partial charge is 0.141 e. The van der Waals surface area contributed by atoms with Gasteiger partial charge in [-0.25, -0.2) is 4.39 Å². The van der Waals surface area contributed by atoms with Gasteiger partial charge in [-0.05, 0) is 30.5 Å². The topological polar surface area (TPSA) is 33.1 Å². The number of aryl methyl sites for hydroxylation is 1. The first-order chi connectivity index (χ1) is 9.04. The maximum absolute atomic E-state index is 13.2. The van der Waals surface area contributed by atoms with Gasteiger partial charge in [-0.2, -0.15) is 0 Å². The molecule has 0 aliphatic carbocycles. The maximum Gasteiger partial charge on any atom is 0.141 e. The molecule has 0 radical (unpaired) electrons. The van der Waals surface area contributed by atoms with Gasteiger partial charge in [0.05, 0.1) is 6.20 Å². The average molecular weight is 259 g/mol. The molecule has 0 fully saturated rings.